The molecule has 0 unspecified atom stereocenters. The summed E-state index contributed by atoms with van der Waals surface area (Å²) >= 11 is 7.17. The minimum Gasteiger partial charge on any atom is -0.462 e. The zero-order valence-corrected chi connectivity index (χ0v) is 17.5. The van der Waals surface area contributed by atoms with Crippen molar-refractivity contribution in [2.75, 3.05) is 11.9 Å². The number of anilines is 1. The summed E-state index contributed by atoms with van der Waals surface area (Å²) in [4.78, 5) is 37.1. The molecule has 8 heteroatoms. The van der Waals surface area contributed by atoms with Crippen LogP contribution in [0.15, 0.2) is 52.8 Å². The SMILES string of the molecule is CCOC(=O)c1c(-c2ccc(Cl)cc2)csc1NC(=O)Cn1ccc(C)cc1=O. The molecule has 29 heavy (non-hydrogen) atoms. The molecule has 2 aromatic heterocycles. The molecule has 0 bridgehead atoms. The van der Waals surface area contributed by atoms with Crippen molar-refractivity contribution in [3.05, 3.63) is 74.5 Å². The maximum atomic E-state index is 12.6. The number of nitrogens with one attached hydrogen (secondary N) is 1. The van der Waals surface area contributed by atoms with Crippen LogP contribution in [0.2, 0.25) is 5.02 Å². The van der Waals surface area contributed by atoms with E-state index in [1.54, 1.807) is 55.8 Å². The summed E-state index contributed by atoms with van der Waals surface area (Å²) < 4.78 is 6.49. The van der Waals surface area contributed by atoms with Crippen molar-refractivity contribution < 1.29 is 14.3 Å². The van der Waals surface area contributed by atoms with Crippen LogP contribution in [-0.2, 0) is 16.1 Å². The number of carbonyl (C=O) groups is 2. The van der Waals surface area contributed by atoms with E-state index in [9.17, 15) is 14.4 Å². The van der Waals surface area contributed by atoms with Crippen molar-refractivity contribution in [2.45, 2.75) is 20.4 Å². The number of benzene rings is 1. The number of nitrogens with zero attached hydrogens (tertiary/aromatic N) is 1. The number of hydrogen-bond donors (Lipinski definition) is 1. The van der Waals surface area contributed by atoms with Crippen LogP contribution in [0.3, 0.4) is 0 Å². The Bertz CT molecular complexity index is 1100. The second-order valence-corrected chi connectivity index (χ2v) is 7.62. The number of aromatic nitrogens is 1. The van der Waals surface area contributed by atoms with E-state index in [-0.39, 0.29) is 24.3 Å². The molecule has 0 saturated heterocycles. The number of aryl methyl sites for hydroxylation is 1. The largest absolute Gasteiger partial charge is 0.462 e. The highest BCUT2D eigenvalue weighted by Gasteiger charge is 2.23. The van der Waals surface area contributed by atoms with E-state index in [2.05, 4.69) is 5.32 Å². The molecule has 6 nitrogen and oxygen atoms in total. The Morgan fingerprint density at radius 2 is 1.93 bits per heavy atom. The Morgan fingerprint density at radius 1 is 1.21 bits per heavy atom. The summed E-state index contributed by atoms with van der Waals surface area (Å²) in [6.07, 6.45) is 1.57. The molecular formula is C21H19ClN2O4S. The first kappa shape index (κ1) is 20.8. The predicted molar refractivity (Wildman–Crippen MR) is 115 cm³/mol. The fraction of sp³-hybridized carbons (Fsp3) is 0.190. The first-order chi connectivity index (χ1) is 13.9. The third kappa shape index (κ3) is 4.93. The van der Waals surface area contributed by atoms with Crippen molar-refractivity contribution in [1.29, 1.82) is 0 Å². The third-order valence-electron chi connectivity index (χ3n) is 4.14. The summed E-state index contributed by atoms with van der Waals surface area (Å²) in [6.45, 7) is 3.58. The highest BCUT2D eigenvalue weighted by molar-refractivity contribution is 7.15. The van der Waals surface area contributed by atoms with E-state index < -0.39 is 11.9 Å². The normalized spacial score (nSPS) is 10.6. The summed E-state index contributed by atoms with van der Waals surface area (Å²) in [7, 11) is 0. The van der Waals surface area contributed by atoms with Crippen molar-refractivity contribution in [1.82, 2.24) is 4.57 Å². The standard InChI is InChI=1S/C21H19ClN2O4S/c1-3-28-21(27)19-16(14-4-6-15(22)7-5-14)12-29-20(19)23-17(25)11-24-9-8-13(2)10-18(24)26/h4-10,12H,3,11H2,1-2H3,(H,23,25). The average Bonchev–Trinajstić information content (AvgIpc) is 3.08. The topological polar surface area (TPSA) is 77.4 Å². The minimum atomic E-state index is -0.526. The van der Waals surface area contributed by atoms with E-state index in [0.29, 0.717) is 15.6 Å². The molecule has 0 aliphatic rings. The number of rotatable bonds is 6. The van der Waals surface area contributed by atoms with Crippen LogP contribution < -0.4 is 10.9 Å². The molecule has 150 valence electrons. The second kappa shape index (κ2) is 9.07. The van der Waals surface area contributed by atoms with Crippen molar-refractivity contribution in [3.63, 3.8) is 0 Å². The Balaban J connectivity index is 1.90. The van der Waals surface area contributed by atoms with E-state index in [1.807, 2.05) is 0 Å². The fourth-order valence-corrected chi connectivity index (χ4v) is 3.86. The second-order valence-electron chi connectivity index (χ2n) is 6.30. The van der Waals surface area contributed by atoms with Crippen molar-refractivity contribution >= 4 is 39.8 Å². The van der Waals surface area contributed by atoms with E-state index >= 15 is 0 Å². The number of carbonyl (C=O) groups excluding carboxylic acids is 2. The van der Waals surface area contributed by atoms with Crippen LogP contribution in [0.25, 0.3) is 11.1 Å². The van der Waals surface area contributed by atoms with Crippen LogP contribution in [0, 0.1) is 6.92 Å². The first-order valence-electron chi connectivity index (χ1n) is 8.90. The van der Waals surface area contributed by atoms with Crippen molar-refractivity contribution in [2.24, 2.45) is 0 Å². The number of halogens is 1. The Kier molecular flexibility index (Phi) is 6.51. The summed E-state index contributed by atoms with van der Waals surface area (Å²) in [5, 5.41) is 5.47. The molecule has 3 aromatic rings. The Labute approximate surface area is 176 Å². The minimum absolute atomic E-state index is 0.157. The molecule has 1 N–H and O–H groups in total. The summed E-state index contributed by atoms with van der Waals surface area (Å²) in [6, 6.07) is 10.3. The molecular weight excluding hydrogens is 412 g/mol. The lowest BCUT2D eigenvalue weighted by molar-refractivity contribution is -0.116. The Morgan fingerprint density at radius 3 is 2.59 bits per heavy atom. The van der Waals surface area contributed by atoms with Gasteiger partial charge < -0.3 is 14.6 Å². The van der Waals surface area contributed by atoms with Crippen LogP contribution in [-0.4, -0.2) is 23.1 Å². The van der Waals surface area contributed by atoms with Gasteiger partial charge in [0, 0.05) is 28.2 Å². The van der Waals surface area contributed by atoms with Crippen LogP contribution in [0.4, 0.5) is 5.00 Å². The lowest BCUT2D eigenvalue weighted by atomic mass is 10.0. The van der Waals surface area contributed by atoms with E-state index in [0.717, 1.165) is 11.1 Å². The number of esters is 1. The maximum absolute atomic E-state index is 12.6. The average molecular weight is 431 g/mol. The molecule has 0 radical (unpaired) electrons. The highest BCUT2D eigenvalue weighted by Crippen LogP contribution is 2.36. The van der Waals surface area contributed by atoms with Gasteiger partial charge in [-0.2, -0.15) is 0 Å². The molecule has 0 aliphatic carbocycles. The number of hydrogen-bond acceptors (Lipinski definition) is 5. The molecule has 1 aromatic carbocycles. The smallest absolute Gasteiger partial charge is 0.341 e. The quantitative estimate of drug-likeness (QED) is 0.589. The van der Waals surface area contributed by atoms with Gasteiger partial charge in [0.15, 0.2) is 0 Å². The number of pyridine rings is 1. The molecule has 0 spiro atoms. The summed E-state index contributed by atoms with van der Waals surface area (Å²) in [5.74, 6) is -0.937. The Hall–Kier alpha value is -2.90. The van der Waals surface area contributed by atoms with Gasteiger partial charge in [0.05, 0.1) is 6.61 Å². The van der Waals surface area contributed by atoms with Gasteiger partial charge in [0.2, 0.25) is 5.91 Å². The highest BCUT2D eigenvalue weighted by atomic mass is 35.5. The molecule has 2 heterocycles. The maximum Gasteiger partial charge on any atom is 0.341 e. The van der Waals surface area contributed by atoms with Crippen molar-refractivity contribution in [3.8, 4) is 11.1 Å². The van der Waals surface area contributed by atoms with E-state index in [4.69, 9.17) is 16.3 Å². The molecule has 0 fully saturated rings. The van der Waals surface area contributed by atoms with Gasteiger partial charge in [-0.15, -0.1) is 11.3 Å². The lowest BCUT2D eigenvalue weighted by Gasteiger charge is -2.10. The van der Waals surface area contributed by atoms with Gasteiger partial charge >= 0.3 is 5.97 Å². The van der Waals surface area contributed by atoms with Gasteiger partial charge in [0.25, 0.3) is 5.56 Å². The zero-order valence-electron chi connectivity index (χ0n) is 15.9. The molecule has 0 aliphatic heterocycles. The fourth-order valence-electron chi connectivity index (χ4n) is 2.76. The van der Waals surface area contributed by atoms with Gasteiger partial charge in [-0.05, 0) is 43.2 Å². The molecule has 0 atom stereocenters. The van der Waals surface area contributed by atoms with Gasteiger partial charge in [-0.25, -0.2) is 4.79 Å². The van der Waals surface area contributed by atoms with E-state index in [1.165, 1.54) is 22.0 Å². The molecule has 3 rings (SSSR count). The number of ether oxygens (including phenoxy) is 1. The van der Waals surface area contributed by atoms with Crippen LogP contribution in [0.5, 0.6) is 0 Å². The number of thiophene rings is 1. The first-order valence-corrected chi connectivity index (χ1v) is 10.2. The zero-order chi connectivity index (χ0) is 21.0. The van der Waals surface area contributed by atoms with Gasteiger partial charge in [0.1, 0.15) is 17.1 Å². The summed E-state index contributed by atoms with van der Waals surface area (Å²) in [5.41, 5.74) is 2.27. The molecule has 0 saturated carbocycles. The molecule has 1 amide bonds. The van der Waals surface area contributed by atoms with Gasteiger partial charge in [-0.3, -0.25) is 9.59 Å². The lowest BCUT2D eigenvalue weighted by Crippen LogP contribution is -2.27. The number of amides is 1. The van der Waals surface area contributed by atoms with Gasteiger partial charge in [-0.1, -0.05) is 23.7 Å². The predicted octanol–water partition coefficient (Wildman–Crippen LogP) is 4.35. The third-order valence-corrected chi connectivity index (χ3v) is 5.29. The monoisotopic (exact) mass is 430 g/mol. The van der Waals surface area contributed by atoms with Crippen LogP contribution in [0.1, 0.15) is 22.8 Å². The van der Waals surface area contributed by atoms with Crippen LogP contribution >= 0.6 is 22.9 Å².